The van der Waals surface area contributed by atoms with Crippen molar-refractivity contribution in [3.8, 4) is 0 Å². The molecule has 0 unspecified atom stereocenters. The summed E-state index contributed by atoms with van der Waals surface area (Å²) in [5.74, 6) is -0.109. The summed E-state index contributed by atoms with van der Waals surface area (Å²) in [6.45, 7) is 8.28. The second-order valence-corrected chi connectivity index (χ2v) is 8.98. The number of benzene rings is 1. The van der Waals surface area contributed by atoms with E-state index in [1.54, 1.807) is 24.3 Å². The van der Waals surface area contributed by atoms with Gasteiger partial charge in [0.15, 0.2) is 0 Å². The van der Waals surface area contributed by atoms with Gasteiger partial charge in [-0.05, 0) is 31.5 Å². The Labute approximate surface area is 159 Å². The van der Waals surface area contributed by atoms with Crippen molar-refractivity contribution < 1.29 is 13.2 Å². The lowest BCUT2D eigenvalue weighted by Gasteiger charge is -2.19. The minimum Gasteiger partial charge on any atom is -0.349 e. The van der Waals surface area contributed by atoms with Crippen LogP contribution >= 0.6 is 11.3 Å². The molecular formula is C18H25N3O3S2. The molecular weight excluding hydrogens is 370 g/mol. The van der Waals surface area contributed by atoms with Gasteiger partial charge in [-0.2, -0.15) is 4.31 Å². The minimum atomic E-state index is -3.47. The van der Waals surface area contributed by atoms with Gasteiger partial charge in [0.1, 0.15) is 0 Å². The smallest absolute Gasteiger partial charge is 0.243 e. The Morgan fingerprint density at radius 1 is 1.23 bits per heavy atom. The average molecular weight is 396 g/mol. The molecule has 8 heteroatoms. The van der Waals surface area contributed by atoms with Crippen LogP contribution in [0.3, 0.4) is 0 Å². The van der Waals surface area contributed by atoms with Crippen molar-refractivity contribution >= 4 is 27.3 Å². The zero-order chi connectivity index (χ0) is 19.3. The second-order valence-electron chi connectivity index (χ2n) is 5.98. The van der Waals surface area contributed by atoms with Gasteiger partial charge in [-0.25, -0.2) is 13.4 Å². The van der Waals surface area contributed by atoms with E-state index in [9.17, 15) is 13.2 Å². The molecule has 0 aliphatic rings. The summed E-state index contributed by atoms with van der Waals surface area (Å²) in [6.07, 6.45) is 0.239. The van der Waals surface area contributed by atoms with E-state index in [0.717, 1.165) is 16.3 Å². The van der Waals surface area contributed by atoms with Crippen LogP contribution in [0.5, 0.6) is 0 Å². The third kappa shape index (κ3) is 4.90. The zero-order valence-electron chi connectivity index (χ0n) is 15.5. The maximum Gasteiger partial charge on any atom is 0.243 e. The van der Waals surface area contributed by atoms with E-state index in [-0.39, 0.29) is 23.3 Å². The van der Waals surface area contributed by atoms with Gasteiger partial charge in [0.25, 0.3) is 0 Å². The topological polar surface area (TPSA) is 79.4 Å². The minimum absolute atomic E-state index is 0.109. The van der Waals surface area contributed by atoms with Crippen LogP contribution in [0.25, 0.3) is 0 Å². The molecule has 2 aromatic rings. The third-order valence-corrected chi connectivity index (χ3v) is 7.00. The summed E-state index contributed by atoms with van der Waals surface area (Å²) in [5, 5.41) is 5.74. The highest BCUT2D eigenvalue weighted by molar-refractivity contribution is 7.89. The van der Waals surface area contributed by atoms with E-state index >= 15 is 0 Å². The van der Waals surface area contributed by atoms with Gasteiger partial charge in [0, 0.05) is 18.5 Å². The maximum atomic E-state index is 12.5. The predicted octanol–water partition coefficient (Wildman–Crippen LogP) is 2.90. The molecule has 1 heterocycles. The lowest BCUT2D eigenvalue weighted by Crippen LogP contribution is -2.30. The number of hydrogen-bond donors (Lipinski definition) is 1. The molecule has 0 spiro atoms. The molecule has 6 nitrogen and oxygen atoms in total. The van der Waals surface area contributed by atoms with Crippen molar-refractivity contribution in [1.82, 2.24) is 14.6 Å². The monoisotopic (exact) mass is 395 g/mol. The van der Waals surface area contributed by atoms with Gasteiger partial charge >= 0.3 is 0 Å². The third-order valence-electron chi connectivity index (χ3n) is 4.11. The zero-order valence-corrected chi connectivity index (χ0v) is 17.2. The molecule has 0 aliphatic carbocycles. The first-order valence-corrected chi connectivity index (χ1v) is 10.9. The average Bonchev–Trinajstić information content (AvgIpc) is 3.00. The normalized spacial score (nSPS) is 13.0. The molecule has 142 valence electrons. The van der Waals surface area contributed by atoms with Gasteiger partial charge < -0.3 is 5.32 Å². The summed E-state index contributed by atoms with van der Waals surface area (Å²) in [6, 6.07) is 6.46. The number of amides is 1. The number of nitrogens with zero attached hydrogens (tertiary/aromatic N) is 2. The Morgan fingerprint density at radius 3 is 2.35 bits per heavy atom. The second kappa shape index (κ2) is 8.75. The van der Waals surface area contributed by atoms with Crippen molar-refractivity contribution in [2.45, 2.75) is 45.1 Å². The van der Waals surface area contributed by atoms with Crippen LogP contribution in [0.1, 0.15) is 43.1 Å². The Morgan fingerprint density at radius 2 is 1.85 bits per heavy atom. The quantitative estimate of drug-likeness (QED) is 0.745. The van der Waals surface area contributed by atoms with E-state index in [2.05, 4.69) is 10.3 Å². The maximum absolute atomic E-state index is 12.5. The van der Waals surface area contributed by atoms with Crippen LogP contribution in [-0.4, -0.2) is 36.7 Å². The SMILES string of the molecule is CCN(CC)S(=O)(=O)c1ccc([C@@H](C)NC(=O)Cc2csc(C)n2)cc1. The van der Waals surface area contributed by atoms with E-state index < -0.39 is 10.0 Å². The molecule has 1 aromatic carbocycles. The van der Waals surface area contributed by atoms with Crippen LogP contribution in [0, 0.1) is 6.92 Å². The molecule has 0 fully saturated rings. The van der Waals surface area contributed by atoms with Crippen molar-refractivity contribution in [2.24, 2.45) is 0 Å². The molecule has 2 rings (SSSR count). The Kier molecular flexibility index (Phi) is 6.91. The van der Waals surface area contributed by atoms with Crippen molar-refractivity contribution in [1.29, 1.82) is 0 Å². The fraction of sp³-hybridized carbons (Fsp3) is 0.444. The van der Waals surface area contributed by atoms with Crippen molar-refractivity contribution in [3.63, 3.8) is 0 Å². The van der Waals surface area contributed by atoms with Crippen molar-refractivity contribution in [3.05, 3.63) is 45.9 Å². The van der Waals surface area contributed by atoms with Gasteiger partial charge in [-0.1, -0.05) is 26.0 Å². The standard InChI is InChI=1S/C18H25N3O3S2/c1-5-21(6-2)26(23,24)17-9-7-15(8-10-17)13(3)19-18(22)11-16-12-25-14(4)20-16/h7-10,12-13H,5-6,11H2,1-4H3,(H,19,22)/t13-/m1/s1. The lowest BCUT2D eigenvalue weighted by atomic mass is 10.1. The van der Waals surface area contributed by atoms with Crippen LogP contribution < -0.4 is 5.32 Å². The first-order valence-electron chi connectivity index (χ1n) is 8.58. The largest absolute Gasteiger partial charge is 0.349 e. The molecule has 0 bridgehead atoms. The summed E-state index contributed by atoms with van der Waals surface area (Å²) < 4.78 is 26.4. The Hall–Kier alpha value is -1.77. The number of sulfonamides is 1. The van der Waals surface area contributed by atoms with Gasteiger partial charge in [-0.3, -0.25) is 4.79 Å². The molecule has 1 aromatic heterocycles. The van der Waals surface area contributed by atoms with E-state index in [4.69, 9.17) is 0 Å². The predicted molar refractivity (Wildman–Crippen MR) is 104 cm³/mol. The molecule has 26 heavy (non-hydrogen) atoms. The first-order chi connectivity index (χ1) is 12.3. The Balaban J connectivity index is 2.04. The highest BCUT2D eigenvalue weighted by Gasteiger charge is 2.21. The number of aromatic nitrogens is 1. The van der Waals surface area contributed by atoms with Crippen LogP contribution in [0.2, 0.25) is 0 Å². The number of thiazole rings is 1. The summed E-state index contributed by atoms with van der Waals surface area (Å²) in [4.78, 5) is 16.7. The van der Waals surface area contributed by atoms with E-state index in [1.807, 2.05) is 33.1 Å². The number of hydrogen-bond acceptors (Lipinski definition) is 5. The van der Waals surface area contributed by atoms with Gasteiger partial charge in [-0.15, -0.1) is 11.3 Å². The number of nitrogens with one attached hydrogen (secondary N) is 1. The summed E-state index contributed by atoms with van der Waals surface area (Å²) in [5.41, 5.74) is 1.61. The highest BCUT2D eigenvalue weighted by Crippen LogP contribution is 2.19. The molecule has 1 atom stereocenters. The van der Waals surface area contributed by atoms with E-state index in [1.165, 1.54) is 15.6 Å². The number of rotatable bonds is 8. The molecule has 0 saturated heterocycles. The van der Waals surface area contributed by atoms with Crippen LogP contribution in [0.15, 0.2) is 34.5 Å². The highest BCUT2D eigenvalue weighted by atomic mass is 32.2. The van der Waals surface area contributed by atoms with E-state index in [0.29, 0.717) is 13.1 Å². The molecule has 0 saturated carbocycles. The van der Waals surface area contributed by atoms with Crippen LogP contribution in [0.4, 0.5) is 0 Å². The molecule has 1 amide bonds. The summed E-state index contributed by atoms with van der Waals surface area (Å²) >= 11 is 1.52. The summed E-state index contributed by atoms with van der Waals surface area (Å²) in [7, 11) is -3.47. The molecule has 1 N–H and O–H groups in total. The molecule has 0 radical (unpaired) electrons. The molecule has 0 aliphatic heterocycles. The van der Waals surface area contributed by atoms with Crippen molar-refractivity contribution in [2.75, 3.05) is 13.1 Å². The number of aryl methyl sites for hydroxylation is 1. The number of carbonyl (C=O) groups is 1. The fourth-order valence-electron chi connectivity index (χ4n) is 2.67. The number of carbonyl (C=O) groups excluding carboxylic acids is 1. The fourth-order valence-corrected chi connectivity index (χ4v) is 4.74. The van der Waals surface area contributed by atoms with Crippen LogP contribution in [-0.2, 0) is 21.2 Å². The Bertz CT molecular complexity index is 841. The van der Waals surface area contributed by atoms with Gasteiger partial charge in [0.2, 0.25) is 15.9 Å². The van der Waals surface area contributed by atoms with Gasteiger partial charge in [0.05, 0.1) is 28.1 Å². The lowest BCUT2D eigenvalue weighted by molar-refractivity contribution is -0.121. The first kappa shape index (κ1) is 20.5.